The van der Waals surface area contributed by atoms with Gasteiger partial charge < -0.3 is 9.84 Å². The molecule has 0 saturated carbocycles. The summed E-state index contributed by atoms with van der Waals surface area (Å²) in [5.74, 6) is -1.77. The van der Waals surface area contributed by atoms with Gasteiger partial charge >= 0.3 is 5.97 Å². The summed E-state index contributed by atoms with van der Waals surface area (Å²) >= 11 is 0. The molecule has 2 rings (SSSR count). The molecule has 6 heteroatoms. The van der Waals surface area contributed by atoms with Crippen molar-refractivity contribution in [3.05, 3.63) is 57.9 Å². The van der Waals surface area contributed by atoms with Gasteiger partial charge in [-0.3, -0.25) is 4.79 Å². The summed E-state index contributed by atoms with van der Waals surface area (Å²) in [6, 6.07) is 9.64. The minimum absolute atomic E-state index is 0.0403. The molecule has 0 aliphatic carbocycles. The Labute approximate surface area is 150 Å². The largest absolute Gasteiger partial charge is 0.481 e. The SMILES string of the molecule is CCc1cc(CC(=O)O)c(F)c(Oc2cc(C#N)cc(C#N)c2)c1CC. The molecule has 26 heavy (non-hydrogen) atoms. The lowest BCUT2D eigenvalue weighted by Crippen LogP contribution is -2.08. The van der Waals surface area contributed by atoms with Crippen LogP contribution in [0.25, 0.3) is 0 Å². The fourth-order valence-corrected chi connectivity index (χ4v) is 2.79. The molecule has 0 spiro atoms. The lowest BCUT2D eigenvalue weighted by atomic mass is 9.96. The second kappa shape index (κ2) is 8.13. The zero-order valence-corrected chi connectivity index (χ0v) is 14.5. The molecule has 0 heterocycles. The van der Waals surface area contributed by atoms with Crippen LogP contribution in [0.15, 0.2) is 24.3 Å². The maximum atomic E-state index is 14.9. The highest BCUT2D eigenvalue weighted by Gasteiger charge is 2.20. The highest BCUT2D eigenvalue weighted by atomic mass is 19.1. The van der Waals surface area contributed by atoms with Gasteiger partial charge in [0.15, 0.2) is 11.6 Å². The molecule has 2 aromatic carbocycles. The Balaban J connectivity index is 2.63. The van der Waals surface area contributed by atoms with Crippen LogP contribution in [0.1, 0.15) is 41.7 Å². The fourth-order valence-electron chi connectivity index (χ4n) is 2.79. The highest BCUT2D eigenvalue weighted by molar-refractivity contribution is 5.71. The molecule has 0 bridgehead atoms. The van der Waals surface area contributed by atoms with Crippen molar-refractivity contribution in [2.24, 2.45) is 0 Å². The van der Waals surface area contributed by atoms with Gasteiger partial charge in [0.2, 0.25) is 0 Å². The summed E-state index contributed by atoms with van der Waals surface area (Å²) in [6.45, 7) is 3.74. The zero-order valence-electron chi connectivity index (χ0n) is 14.5. The van der Waals surface area contributed by atoms with Crippen LogP contribution in [0, 0.1) is 28.5 Å². The lowest BCUT2D eigenvalue weighted by Gasteiger charge is -2.17. The number of hydrogen-bond donors (Lipinski definition) is 1. The van der Waals surface area contributed by atoms with E-state index in [1.807, 2.05) is 26.0 Å². The van der Waals surface area contributed by atoms with Crippen molar-refractivity contribution in [1.29, 1.82) is 10.5 Å². The van der Waals surface area contributed by atoms with Crippen LogP contribution < -0.4 is 4.74 Å². The normalized spacial score (nSPS) is 10.0. The summed E-state index contributed by atoms with van der Waals surface area (Å²) in [6.07, 6.45) is 0.626. The minimum atomic E-state index is -1.14. The minimum Gasteiger partial charge on any atom is -0.481 e. The van der Waals surface area contributed by atoms with Crippen LogP contribution in [0.5, 0.6) is 11.5 Å². The molecule has 0 fully saturated rings. The van der Waals surface area contributed by atoms with E-state index in [-0.39, 0.29) is 28.2 Å². The first-order chi connectivity index (χ1) is 12.4. The smallest absolute Gasteiger partial charge is 0.307 e. The molecular formula is C20H17FN2O3. The number of ether oxygens (including phenoxy) is 1. The average molecular weight is 352 g/mol. The molecule has 5 nitrogen and oxygen atoms in total. The standard InChI is InChI=1S/C20H17FN2O3/c1-3-14-8-15(9-18(24)25)19(21)20(17(14)4-2)26-16-6-12(10-22)5-13(7-16)11-23/h5-8H,3-4,9H2,1-2H3,(H,24,25). The number of aliphatic carboxylic acids is 1. The first-order valence-electron chi connectivity index (χ1n) is 8.11. The van der Waals surface area contributed by atoms with Crippen molar-refractivity contribution in [3.63, 3.8) is 0 Å². The van der Waals surface area contributed by atoms with Gasteiger partial charge in [0, 0.05) is 11.1 Å². The van der Waals surface area contributed by atoms with E-state index in [2.05, 4.69) is 0 Å². The third kappa shape index (κ3) is 3.99. The van der Waals surface area contributed by atoms with E-state index >= 15 is 0 Å². The summed E-state index contributed by atoms with van der Waals surface area (Å²) in [4.78, 5) is 11.0. The van der Waals surface area contributed by atoms with E-state index < -0.39 is 18.2 Å². The Morgan fingerprint density at radius 2 is 1.69 bits per heavy atom. The monoisotopic (exact) mass is 352 g/mol. The van der Waals surface area contributed by atoms with Crippen molar-refractivity contribution in [1.82, 2.24) is 0 Å². The van der Waals surface area contributed by atoms with E-state index in [1.54, 1.807) is 6.07 Å². The van der Waals surface area contributed by atoms with Gasteiger partial charge in [-0.25, -0.2) is 4.39 Å². The molecule has 132 valence electrons. The summed E-state index contributed by atoms with van der Waals surface area (Å²) in [5.41, 5.74) is 1.92. The van der Waals surface area contributed by atoms with Gasteiger partial charge in [-0.15, -0.1) is 0 Å². The van der Waals surface area contributed by atoms with Crippen molar-refractivity contribution in [2.75, 3.05) is 0 Å². The summed E-state index contributed by atoms with van der Waals surface area (Å²) in [7, 11) is 0. The van der Waals surface area contributed by atoms with Crippen LogP contribution in [-0.4, -0.2) is 11.1 Å². The summed E-state index contributed by atoms with van der Waals surface area (Å²) < 4.78 is 20.6. The number of carboxylic acid groups (broad SMARTS) is 1. The van der Waals surface area contributed by atoms with Crippen molar-refractivity contribution < 1.29 is 19.0 Å². The summed E-state index contributed by atoms with van der Waals surface area (Å²) in [5, 5.41) is 27.2. The number of benzene rings is 2. The first kappa shape index (κ1) is 19.0. The lowest BCUT2D eigenvalue weighted by molar-refractivity contribution is -0.136. The van der Waals surface area contributed by atoms with Crippen LogP contribution in [0.4, 0.5) is 4.39 Å². The Morgan fingerprint density at radius 1 is 1.08 bits per heavy atom. The number of carbonyl (C=O) groups is 1. The van der Waals surface area contributed by atoms with E-state index in [0.717, 1.165) is 5.56 Å². The maximum absolute atomic E-state index is 14.9. The molecule has 0 aliphatic rings. The molecule has 0 atom stereocenters. The van der Waals surface area contributed by atoms with Gasteiger partial charge in [-0.1, -0.05) is 19.9 Å². The Morgan fingerprint density at radius 3 is 2.15 bits per heavy atom. The number of carboxylic acids is 1. The second-order valence-electron chi connectivity index (χ2n) is 5.67. The maximum Gasteiger partial charge on any atom is 0.307 e. The Bertz CT molecular complexity index is 907. The number of rotatable bonds is 6. The van der Waals surface area contributed by atoms with Gasteiger partial charge in [-0.05, 0) is 36.6 Å². The molecule has 0 radical (unpaired) electrons. The van der Waals surface area contributed by atoms with Crippen LogP contribution in [0.2, 0.25) is 0 Å². The van der Waals surface area contributed by atoms with Crippen LogP contribution >= 0.6 is 0 Å². The van der Waals surface area contributed by atoms with Gasteiger partial charge in [0.25, 0.3) is 0 Å². The molecule has 0 amide bonds. The number of halogens is 1. The van der Waals surface area contributed by atoms with Crippen molar-refractivity contribution >= 4 is 5.97 Å². The Kier molecular flexibility index (Phi) is 5.93. The predicted molar refractivity (Wildman–Crippen MR) is 92.4 cm³/mol. The molecule has 1 N–H and O–H groups in total. The molecule has 2 aromatic rings. The third-order valence-electron chi connectivity index (χ3n) is 3.95. The quantitative estimate of drug-likeness (QED) is 0.844. The second-order valence-corrected chi connectivity index (χ2v) is 5.67. The van der Waals surface area contributed by atoms with Gasteiger partial charge in [0.1, 0.15) is 5.75 Å². The number of nitrogens with zero attached hydrogens (tertiary/aromatic N) is 2. The van der Waals surface area contributed by atoms with Crippen LogP contribution in [-0.2, 0) is 24.1 Å². The van der Waals surface area contributed by atoms with Crippen LogP contribution in [0.3, 0.4) is 0 Å². The van der Waals surface area contributed by atoms with Crippen molar-refractivity contribution in [2.45, 2.75) is 33.1 Å². The van der Waals surface area contributed by atoms with E-state index in [1.165, 1.54) is 18.2 Å². The molecule has 0 aliphatic heterocycles. The van der Waals surface area contributed by atoms with E-state index in [0.29, 0.717) is 18.4 Å². The van der Waals surface area contributed by atoms with Gasteiger partial charge in [0.05, 0.1) is 29.7 Å². The first-order valence-corrected chi connectivity index (χ1v) is 8.11. The molecule has 0 saturated heterocycles. The zero-order chi connectivity index (χ0) is 19.3. The molecular weight excluding hydrogens is 335 g/mol. The Hall–Kier alpha value is -3.38. The number of aryl methyl sites for hydroxylation is 1. The number of hydrogen-bond acceptors (Lipinski definition) is 4. The van der Waals surface area contributed by atoms with Crippen molar-refractivity contribution in [3.8, 4) is 23.6 Å². The number of nitriles is 2. The molecule has 0 aromatic heterocycles. The fraction of sp³-hybridized carbons (Fsp3) is 0.250. The van der Waals surface area contributed by atoms with E-state index in [4.69, 9.17) is 20.4 Å². The third-order valence-corrected chi connectivity index (χ3v) is 3.95. The predicted octanol–water partition coefficient (Wildman–Crippen LogP) is 4.11. The molecule has 0 unspecified atom stereocenters. The van der Waals surface area contributed by atoms with Gasteiger partial charge in [-0.2, -0.15) is 10.5 Å². The topological polar surface area (TPSA) is 94.1 Å². The van der Waals surface area contributed by atoms with E-state index in [9.17, 15) is 9.18 Å². The average Bonchev–Trinajstić information content (AvgIpc) is 2.63. The highest BCUT2D eigenvalue weighted by Crippen LogP contribution is 2.35.